The predicted molar refractivity (Wildman–Crippen MR) is 109 cm³/mol. The van der Waals surface area contributed by atoms with E-state index in [1.54, 1.807) is 18.0 Å². The quantitative estimate of drug-likeness (QED) is 0.710. The topological polar surface area (TPSA) is 88.9 Å². The number of hydrogen-bond donors (Lipinski definition) is 1. The van der Waals surface area contributed by atoms with Crippen molar-refractivity contribution in [1.82, 2.24) is 19.8 Å². The molecule has 29 heavy (non-hydrogen) atoms. The van der Waals surface area contributed by atoms with Crippen LogP contribution in [0.5, 0.6) is 0 Å². The Balaban J connectivity index is 1.38. The Labute approximate surface area is 169 Å². The number of benzene rings is 1. The van der Waals surface area contributed by atoms with Crippen LogP contribution in [0.4, 0.5) is 5.69 Å². The van der Waals surface area contributed by atoms with E-state index in [9.17, 15) is 9.59 Å². The van der Waals surface area contributed by atoms with Crippen LogP contribution in [0.25, 0.3) is 10.9 Å². The molecule has 0 spiro atoms. The minimum Gasteiger partial charge on any atom is -0.383 e. The third-order valence-corrected chi connectivity index (χ3v) is 5.52. The Morgan fingerprint density at radius 1 is 1.24 bits per heavy atom. The Hall–Kier alpha value is -2.49. The highest BCUT2D eigenvalue weighted by Crippen LogP contribution is 2.20. The first kappa shape index (κ1) is 19.8. The first-order chi connectivity index (χ1) is 14.1. The minimum atomic E-state index is -0.0403. The molecule has 0 saturated carbocycles. The van der Waals surface area contributed by atoms with Gasteiger partial charge in [0, 0.05) is 52.1 Å². The van der Waals surface area contributed by atoms with E-state index in [4.69, 9.17) is 9.47 Å². The molecule has 0 radical (unpaired) electrons. The van der Waals surface area contributed by atoms with Crippen LogP contribution in [0.15, 0.2) is 29.3 Å². The van der Waals surface area contributed by atoms with Crippen LogP contribution >= 0.6 is 0 Å². The molecule has 3 heterocycles. The first-order valence-electron chi connectivity index (χ1n) is 9.98. The van der Waals surface area contributed by atoms with Crippen LogP contribution < -0.4 is 15.8 Å². The number of nitrogens with one attached hydrogen (secondary N) is 1. The molecular formula is C20H27N5O4. The second-order valence-corrected chi connectivity index (χ2v) is 7.46. The molecule has 1 aromatic carbocycles. The molecule has 0 aliphatic carbocycles. The van der Waals surface area contributed by atoms with Gasteiger partial charge in [0.1, 0.15) is 6.61 Å². The highest BCUT2D eigenvalue weighted by atomic mass is 16.5. The lowest BCUT2D eigenvalue weighted by Crippen LogP contribution is -2.52. The number of hydrogen-bond acceptors (Lipinski definition) is 7. The summed E-state index contributed by atoms with van der Waals surface area (Å²) in [5.41, 5.74) is 1.76. The second kappa shape index (κ2) is 8.89. The number of piperazine rings is 1. The Kier molecular flexibility index (Phi) is 6.08. The summed E-state index contributed by atoms with van der Waals surface area (Å²) in [6, 6.07) is 5.86. The summed E-state index contributed by atoms with van der Waals surface area (Å²) in [5, 5.41) is 3.48. The maximum Gasteiger partial charge on any atom is 0.261 e. The second-order valence-electron chi connectivity index (χ2n) is 7.46. The molecule has 156 valence electrons. The summed E-state index contributed by atoms with van der Waals surface area (Å²) in [4.78, 5) is 32.9. The van der Waals surface area contributed by atoms with Crippen LogP contribution in [0.2, 0.25) is 0 Å². The molecule has 2 aromatic rings. The molecule has 9 nitrogen and oxygen atoms in total. The van der Waals surface area contributed by atoms with Gasteiger partial charge in [-0.05, 0) is 18.2 Å². The van der Waals surface area contributed by atoms with Crippen molar-refractivity contribution in [2.24, 2.45) is 0 Å². The number of carbonyl (C=O) groups is 1. The number of aromatic nitrogens is 2. The largest absolute Gasteiger partial charge is 0.383 e. The lowest BCUT2D eigenvalue weighted by atomic mass is 10.2. The Bertz CT molecular complexity index is 913. The van der Waals surface area contributed by atoms with Crippen molar-refractivity contribution in [1.29, 1.82) is 0 Å². The SMILES string of the molecule is COCCn1cnc2cc(N3CCN(CC4CNC(=O)CO4)CC3)ccc2c1=O. The number of rotatable bonds is 6. The van der Waals surface area contributed by atoms with E-state index in [1.165, 1.54) is 0 Å². The maximum atomic E-state index is 12.6. The summed E-state index contributed by atoms with van der Waals surface area (Å²) < 4.78 is 12.2. The number of methoxy groups -OCH3 is 1. The van der Waals surface area contributed by atoms with Gasteiger partial charge in [-0.25, -0.2) is 4.98 Å². The van der Waals surface area contributed by atoms with E-state index in [2.05, 4.69) is 20.1 Å². The molecule has 2 saturated heterocycles. The molecule has 2 aliphatic rings. The number of anilines is 1. The Morgan fingerprint density at radius 3 is 2.79 bits per heavy atom. The van der Waals surface area contributed by atoms with Crippen molar-refractivity contribution < 1.29 is 14.3 Å². The van der Waals surface area contributed by atoms with E-state index in [0.717, 1.165) is 43.9 Å². The summed E-state index contributed by atoms with van der Waals surface area (Å²) >= 11 is 0. The number of carbonyl (C=O) groups excluding carboxylic acids is 1. The average molecular weight is 401 g/mol. The number of morpholine rings is 1. The van der Waals surface area contributed by atoms with Crippen LogP contribution in [-0.2, 0) is 20.8 Å². The van der Waals surface area contributed by atoms with E-state index in [1.807, 2.05) is 18.2 Å². The molecule has 1 amide bonds. The third-order valence-electron chi connectivity index (χ3n) is 5.52. The molecule has 1 aromatic heterocycles. The van der Waals surface area contributed by atoms with Gasteiger partial charge in [-0.15, -0.1) is 0 Å². The van der Waals surface area contributed by atoms with Gasteiger partial charge in [0.25, 0.3) is 5.56 Å². The number of nitrogens with zero attached hydrogens (tertiary/aromatic N) is 4. The molecule has 1 unspecified atom stereocenters. The van der Waals surface area contributed by atoms with Crippen molar-refractivity contribution in [3.63, 3.8) is 0 Å². The maximum absolute atomic E-state index is 12.6. The fraction of sp³-hybridized carbons (Fsp3) is 0.550. The fourth-order valence-corrected chi connectivity index (χ4v) is 3.82. The highest BCUT2D eigenvalue weighted by Gasteiger charge is 2.24. The summed E-state index contributed by atoms with van der Waals surface area (Å²) in [6.45, 7) is 6.19. The normalized spacial score (nSPS) is 20.8. The number of ether oxygens (including phenoxy) is 2. The fourth-order valence-electron chi connectivity index (χ4n) is 3.82. The number of amides is 1. The van der Waals surface area contributed by atoms with Crippen molar-refractivity contribution in [3.05, 3.63) is 34.9 Å². The smallest absolute Gasteiger partial charge is 0.261 e. The average Bonchev–Trinajstić information content (AvgIpc) is 2.75. The minimum absolute atomic E-state index is 0.0389. The monoisotopic (exact) mass is 401 g/mol. The van der Waals surface area contributed by atoms with Crippen molar-refractivity contribution in [3.8, 4) is 0 Å². The van der Waals surface area contributed by atoms with Crippen molar-refractivity contribution in [2.75, 3.05) is 64.5 Å². The van der Waals surface area contributed by atoms with Crippen LogP contribution in [-0.4, -0.2) is 86.1 Å². The van der Waals surface area contributed by atoms with Crippen molar-refractivity contribution >= 4 is 22.5 Å². The van der Waals surface area contributed by atoms with Gasteiger partial charge in [-0.2, -0.15) is 0 Å². The van der Waals surface area contributed by atoms with E-state index in [0.29, 0.717) is 25.1 Å². The molecular weight excluding hydrogens is 374 g/mol. The molecule has 9 heteroatoms. The predicted octanol–water partition coefficient (Wildman–Crippen LogP) is -0.320. The lowest BCUT2D eigenvalue weighted by molar-refractivity contribution is -0.133. The van der Waals surface area contributed by atoms with E-state index in [-0.39, 0.29) is 24.2 Å². The number of fused-ring (bicyclic) bond motifs is 1. The molecule has 2 aliphatic heterocycles. The van der Waals surface area contributed by atoms with Gasteiger partial charge in [-0.3, -0.25) is 19.1 Å². The van der Waals surface area contributed by atoms with Gasteiger partial charge < -0.3 is 19.7 Å². The lowest BCUT2D eigenvalue weighted by Gasteiger charge is -2.38. The van der Waals surface area contributed by atoms with Gasteiger partial charge in [0.05, 0.1) is 36.5 Å². The highest BCUT2D eigenvalue weighted by molar-refractivity contribution is 5.81. The van der Waals surface area contributed by atoms with Gasteiger partial charge in [0.2, 0.25) is 5.91 Å². The summed E-state index contributed by atoms with van der Waals surface area (Å²) in [6.07, 6.45) is 1.65. The van der Waals surface area contributed by atoms with E-state index < -0.39 is 0 Å². The Morgan fingerprint density at radius 2 is 2.07 bits per heavy atom. The summed E-state index contributed by atoms with van der Waals surface area (Å²) in [5.74, 6) is -0.0403. The third kappa shape index (κ3) is 4.58. The first-order valence-corrected chi connectivity index (χ1v) is 9.98. The summed E-state index contributed by atoms with van der Waals surface area (Å²) in [7, 11) is 1.62. The van der Waals surface area contributed by atoms with Gasteiger partial charge in [-0.1, -0.05) is 0 Å². The standard InChI is InChI=1S/C20H27N5O4/c1-28-9-8-25-14-22-18-10-15(2-3-17(18)20(25)27)24-6-4-23(5-7-24)12-16-11-21-19(26)13-29-16/h2-3,10,14,16H,4-9,11-13H2,1H3,(H,21,26). The molecule has 1 atom stereocenters. The van der Waals surface area contributed by atoms with Gasteiger partial charge in [0.15, 0.2) is 0 Å². The molecule has 2 fully saturated rings. The van der Waals surface area contributed by atoms with Crippen LogP contribution in [0, 0.1) is 0 Å². The zero-order valence-corrected chi connectivity index (χ0v) is 16.7. The van der Waals surface area contributed by atoms with Crippen LogP contribution in [0.1, 0.15) is 0 Å². The van der Waals surface area contributed by atoms with Crippen molar-refractivity contribution in [2.45, 2.75) is 12.6 Å². The van der Waals surface area contributed by atoms with Gasteiger partial charge >= 0.3 is 0 Å². The zero-order valence-electron chi connectivity index (χ0n) is 16.7. The zero-order chi connectivity index (χ0) is 20.2. The molecule has 0 bridgehead atoms. The van der Waals surface area contributed by atoms with E-state index >= 15 is 0 Å². The van der Waals surface area contributed by atoms with Crippen LogP contribution in [0.3, 0.4) is 0 Å². The molecule has 1 N–H and O–H groups in total. The molecule has 4 rings (SSSR count).